The molecule has 0 aliphatic carbocycles. The third-order valence-electron chi connectivity index (χ3n) is 1.96. The summed E-state index contributed by atoms with van der Waals surface area (Å²) in [6.45, 7) is 3.62. The van der Waals surface area contributed by atoms with Gasteiger partial charge in [-0.3, -0.25) is 4.79 Å². The summed E-state index contributed by atoms with van der Waals surface area (Å²) >= 11 is 0. The van der Waals surface area contributed by atoms with Gasteiger partial charge in [0.25, 0.3) is 5.56 Å². The highest BCUT2D eigenvalue weighted by Crippen LogP contribution is 2.09. The molecular formula is C10H17N3O3. The Morgan fingerprint density at radius 2 is 2.25 bits per heavy atom. The van der Waals surface area contributed by atoms with Crippen LogP contribution in [0.1, 0.15) is 19.8 Å². The van der Waals surface area contributed by atoms with Gasteiger partial charge in [-0.05, 0) is 6.42 Å². The number of H-pyrrole nitrogens is 1. The first-order chi connectivity index (χ1) is 7.75. The molecule has 0 atom stereocenters. The molecule has 1 aromatic heterocycles. The van der Waals surface area contributed by atoms with Gasteiger partial charge in [0.05, 0.1) is 12.9 Å². The van der Waals surface area contributed by atoms with Crippen molar-refractivity contribution in [3.8, 4) is 5.88 Å². The lowest BCUT2D eigenvalue weighted by Crippen LogP contribution is -2.16. The second kappa shape index (κ2) is 6.84. The van der Waals surface area contributed by atoms with Gasteiger partial charge in [-0.25, -0.2) is 4.98 Å². The van der Waals surface area contributed by atoms with E-state index < -0.39 is 5.56 Å². The molecule has 0 aliphatic heterocycles. The lowest BCUT2D eigenvalue weighted by Gasteiger charge is -2.06. The van der Waals surface area contributed by atoms with Crippen molar-refractivity contribution >= 4 is 5.69 Å². The predicted molar refractivity (Wildman–Crippen MR) is 60.5 cm³/mol. The summed E-state index contributed by atoms with van der Waals surface area (Å²) < 4.78 is 10.5. The Morgan fingerprint density at radius 1 is 1.44 bits per heavy atom. The van der Waals surface area contributed by atoms with Crippen molar-refractivity contribution in [1.29, 1.82) is 0 Å². The van der Waals surface area contributed by atoms with E-state index in [2.05, 4.69) is 16.9 Å². The highest BCUT2D eigenvalue weighted by atomic mass is 16.5. The zero-order chi connectivity index (χ0) is 11.8. The zero-order valence-electron chi connectivity index (χ0n) is 9.36. The number of aromatic nitrogens is 2. The molecule has 0 aromatic carbocycles. The van der Waals surface area contributed by atoms with Crippen molar-refractivity contribution in [2.24, 2.45) is 0 Å². The van der Waals surface area contributed by atoms with E-state index in [-0.39, 0.29) is 11.6 Å². The van der Waals surface area contributed by atoms with Crippen LogP contribution in [0, 0.1) is 0 Å². The van der Waals surface area contributed by atoms with E-state index >= 15 is 0 Å². The maximum Gasteiger partial charge on any atom is 0.277 e. The quantitative estimate of drug-likeness (QED) is 0.664. The summed E-state index contributed by atoms with van der Waals surface area (Å²) in [5, 5.41) is 0. The van der Waals surface area contributed by atoms with Crippen molar-refractivity contribution in [2.75, 3.05) is 25.6 Å². The standard InChI is InChI=1S/C10H17N3O3/c1-2-3-4-15-5-6-16-10-8(11)9(14)12-7-13-10/h7H,2-6,11H2,1H3,(H,12,13,14). The summed E-state index contributed by atoms with van der Waals surface area (Å²) in [5.74, 6) is 0.155. The molecule has 3 N–H and O–H groups in total. The minimum atomic E-state index is -0.392. The molecule has 0 aliphatic rings. The maximum atomic E-state index is 11.1. The molecule has 0 fully saturated rings. The molecule has 1 heterocycles. The summed E-state index contributed by atoms with van der Waals surface area (Å²) in [7, 11) is 0. The SMILES string of the molecule is CCCCOCCOc1nc[nH]c(=O)c1N. The van der Waals surface area contributed by atoms with Crippen molar-refractivity contribution < 1.29 is 9.47 Å². The van der Waals surface area contributed by atoms with Gasteiger partial charge in [-0.1, -0.05) is 13.3 Å². The van der Waals surface area contributed by atoms with Crippen LogP contribution in [0.15, 0.2) is 11.1 Å². The lowest BCUT2D eigenvalue weighted by atomic mass is 10.4. The zero-order valence-corrected chi connectivity index (χ0v) is 9.36. The number of nitrogens with one attached hydrogen (secondary N) is 1. The van der Waals surface area contributed by atoms with Crippen LogP contribution in [-0.4, -0.2) is 29.8 Å². The third-order valence-corrected chi connectivity index (χ3v) is 1.96. The highest BCUT2D eigenvalue weighted by molar-refractivity contribution is 5.44. The molecule has 0 spiro atoms. The second-order valence-electron chi connectivity index (χ2n) is 3.26. The van der Waals surface area contributed by atoms with Gasteiger partial charge in [-0.2, -0.15) is 0 Å². The topological polar surface area (TPSA) is 90.2 Å². The molecule has 1 rings (SSSR count). The van der Waals surface area contributed by atoms with Crippen LogP contribution in [-0.2, 0) is 4.74 Å². The van der Waals surface area contributed by atoms with Crippen LogP contribution in [0.3, 0.4) is 0 Å². The Balaban J connectivity index is 2.27. The fourth-order valence-electron chi connectivity index (χ4n) is 1.05. The van der Waals surface area contributed by atoms with Crippen LogP contribution in [0.5, 0.6) is 5.88 Å². The number of hydrogen-bond acceptors (Lipinski definition) is 5. The van der Waals surface area contributed by atoms with E-state index in [0.717, 1.165) is 19.4 Å². The molecule has 16 heavy (non-hydrogen) atoms. The first kappa shape index (κ1) is 12.5. The molecule has 0 radical (unpaired) electrons. The number of nitrogens with zero attached hydrogens (tertiary/aromatic N) is 1. The molecule has 90 valence electrons. The molecule has 0 saturated carbocycles. The van der Waals surface area contributed by atoms with Gasteiger partial charge < -0.3 is 20.2 Å². The summed E-state index contributed by atoms with van der Waals surface area (Å²) in [5.41, 5.74) is 5.08. The van der Waals surface area contributed by atoms with Gasteiger partial charge in [-0.15, -0.1) is 0 Å². The number of nitrogens with two attached hydrogens (primary N) is 1. The molecule has 6 nitrogen and oxygen atoms in total. The van der Waals surface area contributed by atoms with Crippen molar-refractivity contribution in [3.05, 3.63) is 16.7 Å². The van der Waals surface area contributed by atoms with E-state index in [1.165, 1.54) is 6.33 Å². The number of rotatable bonds is 7. The Bertz CT molecular complexity index is 365. The van der Waals surface area contributed by atoms with Gasteiger partial charge in [0.15, 0.2) is 5.69 Å². The number of aromatic amines is 1. The van der Waals surface area contributed by atoms with Crippen molar-refractivity contribution in [1.82, 2.24) is 9.97 Å². The third kappa shape index (κ3) is 3.90. The lowest BCUT2D eigenvalue weighted by molar-refractivity contribution is 0.0967. The number of hydrogen-bond donors (Lipinski definition) is 2. The van der Waals surface area contributed by atoms with Crippen LogP contribution in [0.2, 0.25) is 0 Å². The molecular weight excluding hydrogens is 210 g/mol. The van der Waals surface area contributed by atoms with Gasteiger partial charge >= 0.3 is 0 Å². The molecule has 1 aromatic rings. The maximum absolute atomic E-state index is 11.1. The average Bonchev–Trinajstić information content (AvgIpc) is 2.29. The molecule has 0 saturated heterocycles. The minimum absolute atomic E-state index is 0.00365. The first-order valence-electron chi connectivity index (χ1n) is 5.29. The monoisotopic (exact) mass is 227 g/mol. The number of ether oxygens (including phenoxy) is 2. The summed E-state index contributed by atoms with van der Waals surface area (Å²) in [4.78, 5) is 17.3. The molecule has 0 bridgehead atoms. The highest BCUT2D eigenvalue weighted by Gasteiger charge is 2.04. The van der Waals surface area contributed by atoms with E-state index in [1.54, 1.807) is 0 Å². The van der Waals surface area contributed by atoms with Crippen LogP contribution >= 0.6 is 0 Å². The first-order valence-corrected chi connectivity index (χ1v) is 5.29. The van der Waals surface area contributed by atoms with Crippen molar-refractivity contribution in [3.63, 3.8) is 0 Å². The fourth-order valence-corrected chi connectivity index (χ4v) is 1.05. The van der Waals surface area contributed by atoms with Gasteiger partial charge in [0, 0.05) is 6.61 Å². The minimum Gasteiger partial charge on any atom is -0.474 e. The van der Waals surface area contributed by atoms with Gasteiger partial charge in [0.1, 0.15) is 6.61 Å². The summed E-state index contributed by atoms with van der Waals surface area (Å²) in [6, 6.07) is 0. The van der Waals surface area contributed by atoms with Gasteiger partial charge in [0.2, 0.25) is 5.88 Å². The number of anilines is 1. The van der Waals surface area contributed by atoms with E-state index in [0.29, 0.717) is 13.2 Å². The van der Waals surface area contributed by atoms with Crippen LogP contribution in [0.25, 0.3) is 0 Å². The predicted octanol–water partition coefficient (Wildman–Crippen LogP) is 0.548. The number of unbranched alkanes of at least 4 members (excludes halogenated alkanes) is 1. The number of nitrogen functional groups attached to an aromatic ring is 1. The Morgan fingerprint density at radius 3 is 3.00 bits per heavy atom. The normalized spacial score (nSPS) is 10.3. The molecule has 0 amide bonds. The fraction of sp³-hybridized carbons (Fsp3) is 0.600. The Kier molecular flexibility index (Phi) is 5.35. The average molecular weight is 227 g/mol. The smallest absolute Gasteiger partial charge is 0.277 e. The van der Waals surface area contributed by atoms with Crippen molar-refractivity contribution in [2.45, 2.75) is 19.8 Å². The van der Waals surface area contributed by atoms with Crippen LogP contribution < -0.4 is 16.0 Å². The molecule has 0 unspecified atom stereocenters. The van der Waals surface area contributed by atoms with E-state index in [1.807, 2.05) is 0 Å². The Labute approximate surface area is 93.8 Å². The Hall–Kier alpha value is -1.56. The summed E-state index contributed by atoms with van der Waals surface area (Å²) in [6.07, 6.45) is 3.39. The second-order valence-corrected chi connectivity index (χ2v) is 3.26. The largest absolute Gasteiger partial charge is 0.474 e. The van der Waals surface area contributed by atoms with Crippen LogP contribution in [0.4, 0.5) is 5.69 Å². The van der Waals surface area contributed by atoms with E-state index in [9.17, 15) is 4.79 Å². The van der Waals surface area contributed by atoms with E-state index in [4.69, 9.17) is 15.2 Å². The molecule has 6 heteroatoms.